The Hall–Kier alpha value is -3.07. The summed E-state index contributed by atoms with van der Waals surface area (Å²) in [6.45, 7) is 5.07. The van der Waals surface area contributed by atoms with Crippen LogP contribution in [-0.2, 0) is 11.2 Å². The van der Waals surface area contributed by atoms with E-state index in [1.165, 1.54) is 16.7 Å². The number of nitrogen functional groups attached to an aromatic ring is 1. The van der Waals surface area contributed by atoms with E-state index in [4.69, 9.17) is 22.1 Å². The normalized spacial score (nSPS) is 16.2. The molecule has 7 nitrogen and oxygen atoms in total. The molecule has 0 saturated heterocycles. The van der Waals surface area contributed by atoms with Crippen LogP contribution in [0.25, 0.3) is 0 Å². The molecule has 1 aliphatic heterocycles. The zero-order valence-corrected chi connectivity index (χ0v) is 21.5. The summed E-state index contributed by atoms with van der Waals surface area (Å²) in [6, 6.07) is 17.2. The molecule has 184 valence electrons. The molecule has 0 spiro atoms. The van der Waals surface area contributed by atoms with Gasteiger partial charge in [0.2, 0.25) is 5.91 Å². The molecule has 0 bridgehead atoms. The molecule has 4 rings (SSSR count). The van der Waals surface area contributed by atoms with Crippen molar-refractivity contribution in [1.82, 2.24) is 10.2 Å². The highest BCUT2D eigenvalue weighted by atomic mass is 35.5. The number of halogens is 1. The van der Waals surface area contributed by atoms with Crippen molar-refractivity contribution in [1.29, 1.82) is 0 Å². The summed E-state index contributed by atoms with van der Waals surface area (Å²) in [6.07, 6.45) is 0.203. The van der Waals surface area contributed by atoms with Crippen LogP contribution in [0, 0.1) is 0 Å². The lowest BCUT2D eigenvalue weighted by atomic mass is 9.87. The third-order valence-corrected chi connectivity index (χ3v) is 7.21. The number of anilines is 2. The summed E-state index contributed by atoms with van der Waals surface area (Å²) < 4.78 is 5.74. The zero-order chi connectivity index (χ0) is 25.2. The second kappa shape index (κ2) is 10.3. The fraction of sp³-hybridized carbons (Fsp3) is 0.308. The monoisotopic (exact) mass is 512 g/mol. The number of hydrogen-bond acceptors (Lipinski definition) is 6. The van der Waals surface area contributed by atoms with Gasteiger partial charge in [0.15, 0.2) is 5.06 Å². The summed E-state index contributed by atoms with van der Waals surface area (Å²) in [7, 11) is 2.12. The number of thiophene rings is 1. The summed E-state index contributed by atoms with van der Waals surface area (Å²) in [5, 5.41) is 5.94. The fourth-order valence-electron chi connectivity index (χ4n) is 4.12. The van der Waals surface area contributed by atoms with E-state index in [2.05, 4.69) is 40.8 Å². The fourth-order valence-corrected chi connectivity index (χ4v) is 4.99. The molecule has 0 radical (unpaired) electrons. The number of nitrogens with one attached hydrogen (secondary N) is 2. The van der Waals surface area contributed by atoms with E-state index in [-0.39, 0.29) is 11.8 Å². The third kappa shape index (κ3) is 6.14. The molecule has 4 N–H and O–H groups in total. The molecular formula is C26H29ClN4O3S. The number of carbonyl (C=O) groups is 2. The zero-order valence-electron chi connectivity index (χ0n) is 19.9. The Morgan fingerprint density at radius 1 is 1.14 bits per heavy atom. The van der Waals surface area contributed by atoms with Crippen LogP contribution in [-0.4, -0.2) is 42.6 Å². The highest BCUT2D eigenvalue weighted by Crippen LogP contribution is 2.33. The maximum Gasteiger partial charge on any atom is 0.414 e. The molecule has 1 aliphatic rings. The maximum absolute atomic E-state index is 13.1. The molecule has 2 amide bonds. The molecule has 2 heterocycles. The predicted octanol–water partition coefficient (Wildman–Crippen LogP) is 5.11. The Kier molecular flexibility index (Phi) is 7.35. The Morgan fingerprint density at radius 3 is 2.57 bits per heavy atom. The van der Waals surface area contributed by atoms with Crippen molar-refractivity contribution < 1.29 is 14.3 Å². The van der Waals surface area contributed by atoms with Crippen LogP contribution in [0.5, 0.6) is 5.06 Å². The van der Waals surface area contributed by atoms with Crippen molar-refractivity contribution in [2.45, 2.75) is 31.7 Å². The standard InChI is InChI=1S/C26H29ClN4O3S/c1-26(2,30-25(33)34-23-11-10-22(27)35-23)24(32)29-19-9-6-17-12-13-31(3)15-21(20(17)14-19)16-4-7-18(28)8-5-16/h4-11,14,21H,12-13,15,28H2,1-3H3,(H,29,32)(H,30,33). The van der Waals surface area contributed by atoms with E-state index in [9.17, 15) is 9.59 Å². The maximum atomic E-state index is 13.1. The average Bonchev–Trinajstić information content (AvgIpc) is 3.12. The minimum Gasteiger partial charge on any atom is -0.399 e. The molecule has 1 aromatic heterocycles. The van der Waals surface area contributed by atoms with E-state index in [1.807, 2.05) is 24.3 Å². The van der Waals surface area contributed by atoms with Crippen LogP contribution in [0.3, 0.4) is 0 Å². The second-order valence-corrected chi connectivity index (χ2v) is 11.0. The Labute approximate surface area is 214 Å². The molecule has 2 aromatic carbocycles. The van der Waals surface area contributed by atoms with Gasteiger partial charge in [0, 0.05) is 30.4 Å². The molecule has 0 aliphatic carbocycles. The van der Waals surface area contributed by atoms with E-state index in [1.54, 1.807) is 26.0 Å². The molecule has 35 heavy (non-hydrogen) atoms. The Morgan fingerprint density at radius 2 is 1.89 bits per heavy atom. The number of rotatable bonds is 5. The summed E-state index contributed by atoms with van der Waals surface area (Å²) in [4.78, 5) is 27.7. The summed E-state index contributed by atoms with van der Waals surface area (Å²) in [5.41, 5.74) is 9.71. The average molecular weight is 513 g/mol. The smallest absolute Gasteiger partial charge is 0.399 e. The molecule has 0 saturated carbocycles. The van der Waals surface area contributed by atoms with E-state index in [0.717, 1.165) is 36.5 Å². The van der Waals surface area contributed by atoms with Crippen molar-refractivity contribution in [3.63, 3.8) is 0 Å². The summed E-state index contributed by atoms with van der Waals surface area (Å²) >= 11 is 7.02. The van der Waals surface area contributed by atoms with Crippen LogP contribution < -0.4 is 21.1 Å². The van der Waals surface area contributed by atoms with Gasteiger partial charge in [0.25, 0.3) is 0 Å². The van der Waals surface area contributed by atoms with Crippen molar-refractivity contribution in [3.05, 3.63) is 75.6 Å². The van der Waals surface area contributed by atoms with Gasteiger partial charge in [-0.3, -0.25) is 4.79 Å². The molecule has 0 fully saturated rings. The van der Waals surface area contributed by atoms with Crippen LogP contribution in [0.4, 0.5) is 16.2 Å². The molecule has 9 heteroatoms. The van der Waals surface area contributed by atoms with Gasteiger partial charge in [-0.2, -0.15) is 0 Å². The van der Waals surface area contributed by atoms with Crippen LogP contribution >= 0.6 is 22.9 Å². The van der Waals surface area contributed by atoms with Crippen molar-refractivity contribution in [3.8, 4) is 5.06 Å². The van der Waals surface area contributed by atoms with Gasteiger partial charge in [-0.15, -0.1) is 0 Å². The quantitative estimate of drug-likeness (QED) is 0.413. The highest BCUT2D eigenvalue weighted by Gasteiger charge is 2.31. The first-order valence-corrected chi connectivity index (χ1v) is 12.5. The van der Waals surface area contributed by atoms with Gasteiger partial charge in [-0.05, 0) is 80.4 Å². The van der Waals surface area contributed by atoms with Crippen LogP contribution in [0.1, 0.15) is 36.5 Å². The van der Waals surface area contributed by atoms with Gasteiger partial charge in [-0.1, -0.05) is 41.1 Å². The topological polar surface area (TPSA) is 96.7 Å². The number of fused-ring (bicyclic) bond motifs is 1. The number of amides is 2. The number of hydrogen-bond donors (Lipinski definition) is 3. The van der Waals surface area contributed by atoms with Crippen molar-refractivity contribution in [2.75, 3.05) is 31.2 Å². The van der Waals surface area contributed by atoms with E-state index < -0.39 is 11.6 Å². The van der Waals surface area contributed by atoms with Crippen LogP contribution in [0.2, 0.25) is 4.34 Å². The lowest BCUT2D eigenvalue weighted by Gasteiger charge is -2.25. The number of nitrogens with two attached hydrogens (primary N) is 1. The highest BCUT2D eigenvalue weighted by molar-refractivity contribution is 7.17. The van der Waals surface area contributed by atoms with Crippen molar-refractivity contribution in [2.24, 2.45) is 0 Å². The number of ether oxygens (including phenoxy) is 1. The first kappa shape index (κ1) is 25.0. The van der Waals surface area contributed by atoms with E-state index in [0.29, 0.717) is 15.1 Å². The third-order valence-electron chi connectivity index (χ3n) is 6.10. The lowest BCUT2D eigenvalue weighted by molar-refractivity contribution is -0.121. The molecular weight excluding hydrogens is 484 g/mol. The minimum atomic E-state index is -1.21. The number of nitrogens with zero attached hydrogens (tertiary/aromatic N) is 1. The first-order valence-electron chi connectivity index (χ1n) is 11.3. The van der Waals surface area contributed by atoms with Gasteiger partial charge in [0.1, 0.15) is 5.54 Å². The van der Waals surface area contributed by atoms with Gasteiger partial charge >= 0.3 is 6.09 Å². The molecule has 1 atom stereocenters. The Bertz CT molecular complexity index is 1230. The van der Waals surface area contributed by atoms with Gasteiger partial charge < -0.3 is 26.0 Å². The van der Waals surface area contributed by atoms with Crippen molar-refractivity contribution >= 4 is 46.3 Å². The molecule has 1 unspecified atom stereocenters. The number of benzene rings is 2. The minimum absolute atomic E-state index is 0.147. The first-order chi connectivity index (χ1) is 16.6. The van der Waals surface area contributed by atoms with Crippen LogP contribution in [0.15, 0.2) is 54.6 Å². The van der Waals surface area contributed by atoms with E-state index >= 15 is 0 Å². The van der Waals surface area contributed by atoms with Gasteiger partial charge in [-0.25, -0.2) is 4.79 Å². The predicted molar refractivity (Wildman–Crippen MR) is 142 cm³/mol. The summed E-state index contributed by atoms with van der Waals surface area (Å²) in [5.74, 6) is -0.206. The molecule has 3 aromatic rings. The van der Waals surface area contributed by atoms with Gasteiger partial charge in [0.05, 0.1) is 4.34 Å². The largest absolute Gasteiger partial charge is 0.414 e. The number of carbonyl (C=O) groups excluding carboxylic acids is 2. The lowest BCUT2D eigenvalue weighted by Crippen LogP contribution is -2.53. The Balaban J connectivity index is 1.51. The SMILES string of the molecule is CN1CCc2ccc(NC(=O)C(C)(C)NC(=O)Oc3ccc(Cl)s3)cc2C(c2ccc(N)cc2)C1. The number of likely N-dealkylation sites (N-methyl/N-ethyl adjacent to an activating group) is 1. The second-order valence-electron chi connectivity index (χ2n) is 9.30.